The molecule has 0 aliphatic carbocycles. The molecular formula is C17H20N2OS. The van der Waals surface area contributed by atoms with Crippen molar-refractivity contribution in [2.75, 3.05) is 19.6 Å². The fraction of sp³-hybridized carbons (Fsp3) is 0.471. The number of thiophene rings is 1. The van der Waals surface area contributed by atoms with E-state index in [2.05, 4.69) is 39.7 Å². The Morgan fingerprint density at radius 2 is 2.38 bits per heavy atom. The number of nitrogens with zero attached hydrogens (tertiary/aromatic N) is 2. The van der Waals surface area contributed by atoms with Gasteiger partial charge in [-0.15, -0.1) is 0 Å². The van der Waals surface area contributed by atoms with Crippen molar-refractivity contribution in [3.05, 3.63) is 34.7 Å². The number of rotatable bonds is 2. The lowest BCUT2D eigenvalue weighted by atomic mass is 9.88. The zero-order chi connectivity index (χ0) is 14.3. The van der Waals surface area contributed by atoms with Crippen LogP contribution in [0.15, 0.2) is 29.1 Å². The summed E-state index contributed by atoms with van der Waals surface area (Å²) in [6.45, 7) is 5.57. The maximum Gasteiger partial charge on any atom is 0.217 e. The predicted molar refractivity (Wildman–Crippen MR) is 86.0 cm³/mol. The maximum absolute atomic E-state index is 6.29. The first-order valence-corrected chi connectivity index (χ1v) is 8.65. The fourth-order valence-corrected chi connectivity index (χ4v) is 4.24. The van der Waals surface area contributed by atoms with Crippen LogP contribution < -0.4 is 4.74 Å². The average Bonchev–Trinajstić information content (AvgIpc) is 3.13. The van der Waals surface area contributed by atoms with Gasteiger partial charge in [-0.2, -0.15) is 11.3 Å². The molecule has 110 valence electrons. The van der Waals surface area contributed by atoms with Crippen molar-refractivity contribution in [3.63, 3.8) is 0 Å². The number of fused-ring (bicyclic) bond motifs is 1. The Morgan fingerprint density at radius 3 is 3.19 bits per heavy atom. The molecule has 3 nitrogen and oxygen atoms in total. The van der Waals surface area contributed by atoms with Crippen LogP contribution in [0.1, 0.15) is 25.3 Å². The second kappa shape index (κ2) is 5.11. The molecule has 1 atom stereocenters. The lowest BCUT2D eigenvalue weighted by Crippen LogP contribution is -2.51. The van der Waals surface area contributed by atoms with Crippen LogP contribution >= 0.6 is 11.3 Å². The van der Waals surface area contributed by atoms with Crippen LogP contribution in [0.25, 0.3) is 11.1 Å². The first-order chi connectivity index (χ1) is 10.3. The van der Waals surface area contributed by atoms with Crippen LogP contribution in [0.4, 0.5) is 0 Å². The van der Waals surface area contributed by atoms with Crippen LogP contribution in [0.5, 0.6) is 5.88 Å². The Bertz CT molecular complexity index is 640. The molecule has 4 heterocycles. The van der Waals surface area contributed by atoms with Gasteiger partial charge >= 0.3 is 0 Å². The number of pyridine rings is 1. The second-order valence-electron chi connectivity index (χ2n) is 6.13. The van der Waals surface area contributed by atoms with E-state index >= 15 is 0 Å². The second-order valence-corrected chi connectivity index (χ2v) is 6.91. The van der Waals surface area contributed by atoms with Gasteiger partial charge in [0.15, 0.2) is 0 Å². The van der Waals surface area contributed by atoms with E-state index in [1.54, 1.807) is 11.3 Å². The molecule has 0 aromatic carbocycles. The summed E-state index contributed by atoms with van der Waals surface area (Å²) in [7, 11) is 0. The molecule has 0 saturated carbocycles. The Morgan fingerprint density at radius 1 is 1.43 bits per heavy atom. The molecule has 2 aliphatic heterocycles. The van der Waals surface area contributed by atoms with Crippen LogP contribution in [0, 0.1) is 0 Å². The summed E-state index contributed by atoms with van der Waals surface area (Å²) < 4.78 is 6.29. The molecule has 0 radical (unpaired) electrons. The van der Waals surface area contributed by atoms with E-state index in [1.807, 2.05) is 6.20 Å². The minimum atomic E-state index is -0.0309. The van der Waals surface area contributed by atoms with Gasteiger partial charge in [0.2, 0.25) is 5.88 Å². The summed E-state index contributed by atoms with van der Waals surface area (Å²) in [5.41, 5.74) is 3.71. The van der Waals surface area contributed by atoms with Crippen molar-refractivity contribution >= 4 is 11.3 Å². The zero-order valence-corrected chi connectivity index (χ0v) is 13.2. The monoisotopic (exact) mass is 300 g/mol. The highest BCUT2D eigenvalue weighted by Crippen LogP contribution is 2.40. The Balaban J connectivity index is 1.62. The van der Waals surface area contributed by atoms with Gasteiger partial charge in [0, 0.05) is 30.3 Å². The molecule has 2 aromatic heterocycles. The standard InChI is InChI=1S/C17H20N2OS/c1-2-19-6-3-5-17(12-19)9-14-8-15(10-18-16(14)20-17)13-4-7-21-11-13/h4,7-8,10-11H,2-3,5-6,9,12H2,1H3. The van der Waals surface area contributed by atoms with Crippen molar-refractivity contribution in [3.8, 4) is 17.0 Å². The molecule has 0 N–H and O–H groups in total. The van der Waals surface area contributed by atoms with Gasteiger partial charge in [0.1, 0.15) is 5.60 Å². The van der Waals surface area contributed by atoms with E-state index < -0.39 is 0 Å². The third-order valence-electron chi connectivity index (χ3n) is 4.67. The molecule has 1 saturated heterocycles. The molecule has 1 spiro atoms. The summed E-state index contributed by atoms with van der Waals surface area (Å²) >= 11 is 1.73. The topological polar surface area (TPSA) is 25.4 Å². The molecule has 0 bridgehead atoms. The number of likely N-dealkylation sites (tertiary alicyclic amines) is 1. The van der Waals surface area contributed by atoms with Crippen molar-refractivity contribution < 1.29 is 4.74 Å². The highest BCUT2D eigenvalue weighted by atomic mass is 32.1. The molecular weight excluding hydrogens is 280 g/mol. The molecule has 4 heteroatoms. The predicted octanol–water partition coefficient (Wildman–Crippen LogP) is 3.60. The summed E-state index contributed by atoms with van der Waals surface area (Å²) in [6.07, 6.45) is 5.32. The molecule has 0 amide bonds. The molecule has 4 rings (SSSR count). The lowest BCUT2D eigenvalue weighted by molar-refractivity contribution is 0.00781. The Labute approximate surface area is 129 Å². The van der Waals surface area contributed by atoms with E-state index in [0.717, 1.165) is 31.8 Å². The first kappa shape index (κ1) is 13.3. The quantitative estimate of drug-likeness (QED) is 0.847. The van der Waals surface area contributed by atoms with Crippen molar-refractivity contribution in [1.82, 2.24) is 9.88 Å². The van der Waals surface area contributed by atoms with Crippen molar-refractivity contribution in [2.24, 2.45) is 0 Å². The highest BCUT2D eigenvalue weighted by Gasteiger charge is 2.43. The minimum absolute atomic E-state index is 0.0309. The van der Waals surface area contributed by atoms with Crippen LogP contribution in [0.3, 0.4) is 0 Å². The minimum Gasteiger partial charge on any atom is -0.469 e. The average molecular weight is 300 g/mol. The number of hydrogen-bond donors (Lipinski definition) is 0. The largest absolute Gasteiger partial charge is 0.469 e. The summed E-state index contributed by atoms with van der Waals surface area (Å²) in [6, 6.07) is 4.42. The molecule has 21 heavy (non-hydrogen) atoms. The Kier molecular flexibility index (Phi) is 3.23. The number of ether oxygens (including phenoxy) is 1. The number of aromatic nitrogens is 1. The number of hydrogen-bond acceptors (Lipinski definition) is 4. The van der Waals surface area contributed by atoms with Crippen molar-refractivity contribution in [2.45, 2.75) is 31.8 Å². The third-order valence-corrected chi connectivity index (χ3v) is 5.35. The molecule has 2 aromatic rings. The smallest absolute Gasteiger partial charge is 0.217 e. The molecule has 1 unspecified atom stereocenters. The van der Waals surface area contributed by atoms with E-state index in [9.17, 15) is 0 Å². The van der Waals surface area contributed by atoms with Gasteiger partial charge in [-0.05, 0) is 54.4 Å². The normalized spacial score (nSPS) is 25.0. The van der Waals surface area contributed by atoms with E-state index in [0.29, 0.717) is 0 Å². The maximum atomic E-state index is 6.29. The fourth-order valence-electron chi connectivity index (χ4n) is 3.58. The van der Waals surface area contributed by atoms with Crippen molar-refractivity contribution in [1.29, 1.82) is 0 Å². The van der Waals surface area contributed by atoms with Gasteiger partial charge in [0.25, 0.3) is 0 Å². The van der Waals surface area contributed by atoms with Crippen LogP contribution in [-0.2, 0) is 6.42 Å². The van der Waals surface area contributed by atoms with Gasteiger partial charge in [-0.25, -0.2) is 4.98 Å². The van der Waals surface area contributed by atoms with E-state index in [1.165, 1.54) is 29.7 Å². The first-order valence-electron chi connectivity index (χ1n) is 7.71. The number of piperidine rings is 1. The molecule has 1 fully saturated rings. The van der Waals surface area contributed by atoms with E-state index in [-0.39, 0.29) is 5.60 Å². The Hall–Kier alpha value is -1.39. The zero-order valence-electron chi connectivity index (χ0n) is 12.3. The highest BCUT2D eigenvalue weighted by molar-refractivity contribution is 7.08. The summed E-state index contributed by atoms with van der Waals surface area (Å²) in [4.78, 5) is 7.07. The molecule has 2 aliphatic rings. The summed E-state index contributed by atoms with van der Waals surface area (Å²) in [5.74, 6) is 0.854. The number of likely N-dealkylation sites (N-methyl/N-ethyl adjacent to an activating group) is 1. The van der Waals surface area contributed by atoms with Crippen LogP contribution in [-0.4, -0.2) is 35.1 Å². The third kappa shape index (κ3) is 2.36. The van der Waals surface area contributed by atoms with E-state index in [4.69, 9.17) is 4.74 Å². The van der Waals surface area contributed by atoms with Gasteiger partial charge in [-0.3, -0.25) is 4.90 Å². The van der Waals surface area contributed by atoms with Gasteiger partial charge < -0.3 is 4.74 Å². The van der Waals surface area contributed by atoms with Crippen LogP contribution in [0.2, 0.25) is 0 Å². The lowest BCUT2D eigenvalue weighted by Gasteiger charge is -2.38. The van der Waals surface area contributed by atoms with Gasteiger partial charge in [-0.1, -0.05) is 6.92 Å². The SMILES string of the molecule is CCN1CCCC2(Cc3cc(-c4ccsc4)cnc3O2)C1. The summed E-state index contributed by atoms with van der Waals surface area (Å²) in [5, 5.41) is 4.29. The van der Waals surface area contributed by atoms with Gasteiger partial charge in [0.05, 0.1) is 0 Å².